The molecule has 100 valence electrons. The summed E-state index contributed by atoms with van der Waals surface area (Å²) in [7, 11) is 1.59. The van der Waals surface area contributed by atoms with Crippen molar-refractivity contribution in [3.63, 3.8) is 0 Å². The van der Waals surface area contributed by atoms with E-state index in [0.717, 1.165) is 5.56 Å². The van der Waals surface area contributed by atoms with E-state index < -0.39 is 0 Å². The molecule has 0 saturated heterocycles. The number of carbonyl (C=O) groups excluding carboxylic acids is 1. The molecule has 1 N–H and O–H groups in total. The van der Waals surface area contributed by atoms with Gasteiger partial charge in [0.2, 0.25) is 0 Å². The molecule has 0 bridgehead atoms. The van der Waals surface area contributed by atoms with E-state index >= 15 is 0 Å². The van der Waals surface area contributed by atoms with E-state index in [1.54, 1.807) is 30.6 Å². The Morgan fingerprint density at radius 1 is 1.32 bits per heavy atom. The summed E-state index contributed by atoms with van der Waals surface area (Å²) < 4.78 is 10.5. The molecule has 2 aromatic rings. The van der Waals surface area contributed by atoms with Gasteiger partial charge in [-0.2, -0.15) is 11.3 Å². The summed E-state index contributed by atoms with van der Waals surface area (Å²) in [5.41, 5.74) is 1.10. The maximum absolute atomic E-state index is 11.6. The molecule has 0 spiro atoms. The van der Waals surface area contributed by atoms with Crippen LogP contribution in [-0.2, 0) is 11.3 Å². The SMILES string of the molecule is COc1cccc(OCC(=O)NCc2ccsc2)c1. The quantitative estimate of drug-likeness (QED) is 0.882. The highest BCUT2D eigenvalue weighted by molar-refractivity contribution is 7.07. The topological polar surface area (TPSA) is 47.6 Å². The van der Waals surface area contributed by atoms with Crippen LogP contribution < -0.4 is 14.8 Å². The molecule has 0 aliphatic heterocycles. The van der Waals surface area contributed by atoms with Crippen molar-refractivity contribution in [1.82, 2.24) is 5.32 Å². The Bertz CT molecular complexity index is 525. The van der Waals surface area contributed by atoms with Gasteiger partial charge in [0.15, 0.2) is 6.61 Å². The second-order valence-electron chi connectivity index (χ2n) is 3.88. The van der Waals surface area contributed by atoms with Crippen LogP contribution in [0, 0.1) is 0 Å². The highest BCUT2D eigenvalue weighted by Gasteiger charge is 2.03. The molecule has 1 aromatic heterocycles. The van der Waals surface area contributed by atoms with Crippen molar-refractivity contribution in [3.05, 3.63) is 46.7 Å². The van der Waals surface area contributed by atoms with Crippen molar-refractivity contribution in [2.45, 2.75) is 6.54 Å². The summed E-state index contributed by atoms with van der Waals surface area (Å²) in [6, 6.07) is 9.15. The fourth-order valence-electron chi connectivity index (χ4n) is 1.48. The van der Waals surface area contributed by atoms with Crippen LogP contribution in [0.1, 0.15) is 5.56 Å². The van der Waals surface area contributed by atoms with Gasteiger partial charge in [-0.1, -0.05) is 6.07 Å². The van der Waals surface area contributed by atoms with E-state index in [2.05, 4.69) is 5.32 Å². The Kier molecular flexibility index (Phi) is 4.80. The molecular formula is C14H15NO3S. The minimum absolute atomic E-state index is 0.00267. The van der Waals surface area contributed by atoms with Gasteiger partial charge in [0, 0.05) is 12.6 Å². The second kappa shape index (κ2) is 6.80. The second-order valence-corrected chi connectivity index (χ2v) is 4.66. The average molecular weight is 277 g/mol. The highest BCUT2D eigenvalue weighted by atomic mass is 32.1. The molecule has 0 atom stereocenters. The molecule has 0 aliphatic carbocycles. The van der Waals surface area contributed by atoms with E-state index in [1.165, 1.54) is 0 Å². The van der Waals surface area contributed by atoms with Gasteiger partial charge >= 0.3 is 0 Å². The molecule has 2 rings (SSSR count). The first-order chi connectivity index (χ1) is 9.28. The molecule has 19 heavy (non-hydrogen) atoms. The number of benzene rings is 1. The van der Waals surface area contributed by atoms with Crippen LogP contribution >= 0.6 is 11.3 Å². The number of methoxy groups -OCH3 is 1. The lowest BCUT2D eigenvalue weighted by molar-refractivity contribution is -0.123. The predicted octanol–water partition coefficient (Wildman–Crippen LogP) is 2.45. The van der Waals surface area contributed by atoms with Crippen LogP contribution in [0.2, 0.25) is 0 Å². The van der Waals surface area contributed by atoms with Crippen molar-refractivity contribution in [2.75, 3.05) is 13.7 Å². The van der Waals surface area contributed by atoms with E-state index in [1.807, 2.05) is 29.0 Å². The molecule has 5 heteroatoms. The van der Waals surface area contributed by atoms with E-state index in [-0.39, 0.29) is 12.5 Å². The molecule has 4 nitrogen and oxygen atoms in total. The monoisotopic (exact) mass is 277 g/mol. The minimum atomic E-state index is -0.144. The fraction of sp³-hybridized carbons (Fsp3) is 0.214. The maximum Gasteiger partial charge on any atom is 0.258 e. The van der Waals surface area contributed by atoms with Crippen LogP contribution in [0.25, 0.3) is 0 Å². The molecule has 0 unspecified atom stereocenters. The minimum Gasteiger partial charge on any atom is -0.497 e. The number of rotatable bonds is 6. The Morgan fingerprint density at radius 3 is 2.89 bits per heavy atom. The Labute approximate surface area is 116 Å². The summed E-state index contributed by atoms with van der Waals surface area (Å²) in [6.45, 7) is 0.529. The van der Waals surface area contributed by atoms with Gasteiger partial charge in [-0.3, -0.25) is 4.79 Å². The van der Waals surface area contributed by atoms with Gasteiger partial charge in [-0.25, -0.2) is 0 Å². The van der Waals surface area contributed by atoms with Crippen LogP contribution in [0.4, 0.5) is 0 Å². The average Bonchev–Trinajstić information content (AvgIpc) is 2.96. The van der Waals surface area contributed by atoms with E-state index in [9.17, 15) is 4.79 Å². The van der Waals surface area contributed by atoms with Crippen LogP contribution in [-0.4, -0.2) is 19.6 Å². The zero-order chi connectivity index (χ0) is 13.5. The van der Waals surface area contributed by atoms with E-state index in [4.69, 9.17) is 9.47 Å². The zero-order valence-electron chi connectivity index (χ0n) is 10.6. The maximum atomic E-state index is 11.6. The fourth-order valence-corrected chi connectivity index (χ4v) is 2.15. The predicted molar refractivity (Wildman–Crippen MR) is 74.7 cm³/mol. The number of carbonyl (C=O) groups is 1. The third kappa shape index (κ3) is 4.30. The Morgan fingerprint density at radius 2 is 2.16 bits per heavy atom. The summed E-state index contributed by atoms with van der Waals surface area (Å²) in [5.74, 6) is 1.18. The van der Waals surface area contributed by atoms with Gasteiger partial charge in [0.1, 0.15) is 11.5 Å². The number of amides is 1. The molecule has 0 radical (unpaired) electrons. The molecular weight excluding hydrogens is 262 g/mol. The van der Waals surface area contributed by atoms with Gasteiger partial charge in [0.25, 0.3) is 5.91 Å². The number of ether oxygens (including phenoxy) is 2. The number of hydrogen-bond acceptors (Lipinski definition) is 4. The standard InChI is InChI=1S/C14H15NO3S/c1-17-12-3-2-4-13(7-12)18-9-14(16)15-8-11-5-6-19-10-11/h2-7,10H,8-9H2,1H3,(H,15,16). The van der Waals surface area contributed by atoms with Gasteiger partial charge in [-0.15, -0.1) is 0 Å². The smallest absolute Gasteiger partial charge is 0.258 e. The molecule has 1 heterocycles. The largest absolute Gasteiger partial charge is 0.497 e. The third-order valence-corrected chi connectivity index (χ3v) is 3.21. The summed E-state index contributed by atoms with van der Waals surface area (Å²) in [5, 5.41) is 6.78. The normalized spacial score (nSPS) is 9.95. The van der Waals surface area contributed by atoms with Crippen LogP contribution in [0.3, 0.4) is 0 Å². The summed E-state index contributed by atoms with van der Waals surface area (Å²) in [6.07, 6.45) is 0. The zero-order valence-corrected chi connectivity index (χ0v) is 11.4. The van der Waals surface area contributed by atoms with Crippen LogP contribution in [0.15, 0.2) is 41.1 Å². The summed E-state index contributed by atoms with van der Waals surface area (Å²) >= 11 is 1.61. The van der Waals surface area contributed by atoms with Crippen molar-refractivity contribution < 1.29 is 14.3 Å². The molecule has 0 saturated carbocycles. The lowest BCUT2D eigenvalue weighted by Gasteiger charge is -2.08. The lowest BCUT2D eigenvalue weighted by Crippen LogP contribution is -2.28. The summed E-state index contributed by atoms with van der Waals surface area (Å²) in [4.78, 5) is 11.6. The number of thiophene rings is 1. The first-order valence-corrected chi connectivity index (χ1v) is 6.77. The molecule has 0 fully saturated rings. The van der Waals surface area contributed by atoms with Crippen LogP contribution in [0.5, 0.6) is 11.5 Å². The highest BCUT2D eigenvalue weighted by Crippen LogP contribution is 2.18. The van der Waals surface area contributed by atoms with Gasteiger partial charge in [0.05, 0.1) is 7.11 Å². The molecule has 1 aromatic carbocycles. The van der Waals surface area contributed by atoms with E-state index in [0.29, 0.717) is 18.0 Å². The van der Waals surface area contributed by atoms with Gasteiger partial charge < -0.3 is 14.8 Å². The lowest BCUT2D eigenvalue weighted by atomic mass is 10.3. The van der Waals surface area contributed by atoms with Crippen molar-refractivity contribution in [2.24, 2.45) is 0 Å². The Balaban J connectivity index is 1.76. The Hall–Kier alpha value is -2.01. The first kappa shape index (κ1) is 13.4. The third-order valence-electron chi connectivity index (χ3n) is 2.48. The van der Waals surface area contributed by atoms with Crippen molar-refractivity contribution in [1.29, 1.82) is 0 Å². The number of nitrogens with one attached hydrogen (secondary N) is 1. The molecule has 1 amide bonds. The van der Waals surface area contributed by atoms with Crippen molar-refractivity contribution in [3.8, 4) is 11.5 Å². The van der Waals surface area contributed by atoms with Crippen molar-refractivity contribution >= 4 is 17.2 Å². The van der Waals surface area contributed by atoms with Gasteiger partial charge in [-0.05, 0) is 34.5 Å². The first-order valence-electron chi connectivity index (χ1n) is 5.82. The molecule has 0 aliphatic rings. The number of hydrogen-bond donors (Lipinski definition) is 1.